The van der Waals surface area contributed by atoms with Gasteiger partial charge in [-0.2, -0.15) is 0 Å². The van der Waals surface area contributed by atoms with Crippen LogP contribution in [-0.4, -0.2) is 33.9 Å². The van der Waals surface area contributed by atoms with Gasteiger partial charge in [0.2, 0.25) is 6.04 Å². The normalized spacial score (nSPS) is 21.9. The second-order valence-corrected chi connectivity index (χ2v) is 5.87. The molecule has 1 fully saturated rings. The lowest BCUT2D eigenvalue weighted by molar-refractivity contribution is -0.521. The van der Waals surface area contributed by atoms with Crippen LogP contribution in [0.3, 0.4) is 0 Å². The molecule has 2 unspecified atom stereocenters. The minimum atomic E-state index is -0.562. The van der Waals surface area contributed by atoms with Gasteiger partial charge in [0.05, 0.1) is 12.5 Å². The van der Waals surface area contributed by atoms with E-state index >= 15 is 0 Å². The topological polar surface area (TPSA) is 59.3 Å². The molecule has 1 aliphatic heterocycles. The number of pyridine rings is 1. The summed E-state index contributed by atoms with van der Waals surface area (Å²) in [5, 5.41) is 11.4. The van der Waals surface area contributed by atoms with E-state index in [1.807, 2.05) is 37.3 Å². The van der Waals surface area contributed by atoms with E-state index in [0.29, 0.717) is 13.1 Å². The summed E-state index contributed by atoms with van der Waals surface area (Å²) in [5.41, 5.74) is 3.08. The maximum Gasteiger partial charge on any atom is 0.233 e. The van der Waals surface area contributed by atoms with Crippen molar-refractivity contribution in [2.75, 3.05) is 13.1 Å². The molecule has 5 heteroatoms. The van der Waals surface area contributed by atoms with E-state index in [1.54, 1.807) is 6.20 Å². The van der Waals surface area contributed by atoms with Crippen LogP contribution < -0.4 is 0 Å². The van der Waals surface area contributed by atoms with Crippen LogP contribution in [0.4, 0.5) is 0 Å². The highest BCUT2D eigenvalue weighted by atomic mass is 16.6. The molecule has 0 saturated carbocycles. The van der Waals surface area contributed by atoms with Gasteiger partial charge in [-0.15, -0.1) is 0 Å². The summed E-state index contributed by atoms with van der Waals surface area (Å²) < 4.78 is 0. The number of aryl methyl sites for hydroxylation is 1. The summed E-state index contributed by atoms with van der Waals surface area (Å²) in [6.07, 6.45) is 1.78. The first-order valence-corrected chi connectivity index (χ1v) is 7.46. The Labute approximate surface area is 129 Å². The van der Waals surface area contributed by atoms with Crippen LogP contribution in [0.1, 0.15) is 22.7 Å². The molecule has 2 heterocycles. The SMILES string of the molecule is Cc1ccc(C2CN(Cc3ccccc3)CC2[N+](=O)[O-])cn1. The quantitative estimate of drug-likeness (QED) is 0.643. The largest absolute Gasteiger partial charge is 0.292 e. The van der Waals surface area contributed by atoms with Crippen LogP contribution in [0.5, 0.6) is 0 Å². The number of benzene rings is 1. The molecule has 0 N–H and O–H groups in total. The third-order valence-electron chi connectivity index (χ3n) is 4.25. The van der Waals surface area contributed by atoms with Crippen molar-refractivity contribution in [3.8, 4) is 0 Å². The monoisotopic (exact) mass is 297 g/mol. The number of nitrogens with zero attached hydrogens (tertiary/aromatic N) is 3. The Morgan fingerprint density at radius 2 is 2.00 bits per heavy atom. The molecule has 0 amide bonds. The van der Waals surface area contributed by atoms with Gasteiger partial charge in [0.1, 0.15) is 0 Å². The zero-order valence-corrected chi connectivity index (χ0v) is 12.6. The number of aromatic nitrogens is 1. The van der Waals surface area contributed by atoms with Crippen molar-refractivity contribution in [3.05, 3.63) is 75.6 Å². The minimum Gasteiger partial charge on any atom is -0.292 e. The van der Waals surface area contributed by atoms with E-state index in [-0.39, 0.29) is 10.8 Å². The molecule has 1 aliphatic rings. The van der Waals surface area contributed by atoms with Crippen molar-refractivity contribution >= 4 is 0 Å². The van der Waals surface area contributed by atoms with Crippen molar-refractivity contribution in [1.82, 2.24) is 9.88 Å². The lowest BCUT2D eigenvalue weighted by atomic mass is 9.96. The van der Waals surface area contributed by atoms with Crippen LogP contribution in [0.15, 0.2) is 48.7 Å². The highest BCUT2D eigenvalue weighted by Crippen LogP contribution is 2.30. The number of likely N-dealkylation sites (tertiary alicyclic amines) is 1. The molecule has 5 nitrogen and oxygen atoms in total. The molecular weight excluding hydrogens is 278 g/mol. The van der Waals surface area contributed by atoms with Crippen LogP contribution in [0.2, 0.25) is 0 Å². The number of hydrogen-bond acceptors (Lipinski definition) is 4. The lowest BCUT2D eigenvalue weighted by Crippen LogP contribution is -2.28. The number of nitro groups is 1. The van der Waals surface area contributed by atoms with Crippen molar-refractivity contribution in [2.45, 2.75) is 25.4 Å². The summed E-state index contributed by atoms with van der Waals surface area (Å²) in [6, 6.07) is 13.4. The van der Waals surface area contributed by atoms with Gasteiger partial charge in [0, 0.05) is 29.9 Å². The molecule has 0 aliphatic carbocycles. The fourth-order valence-corrected chi connectivity index (χ4v) is 3.08. The zero-order valence-electron chi connectivity index (χ0n) is 12.6. The van der Waals surface area contributed by atoms with Crippen molar-refractivity contribution in [1.29, 1.82) is 0 Å². The number of rotatable bonds is 4. The summed E-state index contributed by atoms with van der Waals surface area (Å²) >= 11 is 0. The summed E-state index contributed by atoms with van der Waals surface area (Å²) in [5.74, 6) is -0.0909. The van der Waals surface area contributed by atoms with Crippen LogP contribution in [0.25, 0.3) is 0 Å². The van der Waals surface area contributed by atoms with Gasteiger partial charge in [-0.05, 0) is 24.1 Å². The predicted octanol–water partition coefficient (Wildman–Crippen LogP) is 2.63. The Hall–Kier alpha value is -2.27. The first-order chi connectivity index (χ1) is 10.6. The molecule has 114 valence electrons. The predicted molar refractivity (Wildman–Crippen MR) is 84.2 cm³/mol. The van der Waals surface area contributed by atoms with Crippen LogP contribution >= 0.6 is 0 Å². The Balaban J connectivity index is 1.77. The average molecular weight is 297 g/mol. The van der Waals surface area contributed by atoms with E-state index in [1.165, 1.54) is 5.56 Å². The fourth-order valence-electron chi connectivity index (χ4n) is 3.08. The second-order valence-electron chi connectivity index (χ2n) is 5.87. The molecule has 0 spiro atoms. The Morgan fingerprint density at radius 3 is 2.64 bits per heavy atom. The summed E-state index contributed by atoms with van der Waals surface area (Å²) in [7, 11) is 0. The first-order valence-electron chi connectivity index (χ1n) is 7.46. The Bertz CT molecular complexity index is 643. The van der Waals surface area contributed by atoms with Gasteiger partial charge in [0.25, 0.3) is 0 Å². The minimum absolute atomic E-state index is 0.0909. The Kier molecular flexibility index (Phi) is 4.15. The Morgan fingerprint density at radius 1 is 1.23 bits per heavy atom. The summed E-state index contributed by atoms with van der Waals surface area (Å²) in [6.45, 7) is 3.86. The molecule has 2 aromatic rings. The first kappa shape index (κ1) is 14.7. The molecule has 1 aromatic carbocycles. The van der Waals surface area contributed by atoms with Crippen LogP contribution in [-0.2, 0) is 6.54 Å². The van der Waals surface area contributed by atoms with E-state index in [4.69, 9.17) is 0 Å². The standard InChI is InChI=1S/C17H19N3O2/c1-13-7-8-15(9-18-13)16-11-19(12-17(16)20(21)22)10-14-5-3-2-4-6-14/h2-9,16-17H,10-12H2,1H3. The van der Waals surface area contributed by atoms with E-state index in [2.05, 4.69) is 22.0 Å². The lowest BCUT2D eigenvalue weighted by Gasteiger charge is -2.15. The fraction of sp³-hybridized carbons (Fsp3) is 0.353. The van der Waals surface area contributed by atoms with Crippen molar-refractivity contribution in [3.63, 3.8) is 0 Å². The zero-order chi connectivity index (χ0) is 15.5. The van der Waals surface area contributed by atoms with Gasteiger partial charge in [-0.3, -0.25) is 20.0 Å². The van der Waals surface area contributed by atoms with E-state index < -0.39 is 6.04 Å². The molecule has 2 atom stereocenters. The second kappa shape index (κ2) is 6.23. The molecule has 22 heavy (non-hydrogen) atoms. The molecule has 0 bridgehead atoms. The smallest absolute Gasteiger partial charge is 0.233 e. The third kappa shape index (κ3) is 3.14. The van der Waals surface area contributed by atoms with Gasteiger partial charge in [-0.25, -0.2) is 0 Å². The highest BCUT2D eigenvalue weighted by Gasteiger charge is 2.41. The molecule has 3 rings (SSSR count). The highest BCUT2D eigenvalue weighted by molar-refractivity contribution is 5.22. The molecule has 1 aromatic heterocycles. The van der Waals surface area contributed by atoms with Gasteiger partial charge < -0.3 is 0 Å². The maximum atomic E-state index is 11.4. The maximum absolute atomic E-state index is 11.4. The molecular formula is C17H19N3O2. The average Bonchev–Trinajstić information content (AvgIpc) is 2.93. The van der Waals surface area contributed by atoms with E-state index in [9.17, 15) is 10.1 Å². The molecule has 1 saturated heterocycles. The van der Waals surface area contributed by atoms with Crippen LogP contribution in [0, 0.1) is 17.0 Å². The van der Waals surface area contributed by atoms with Crippen molar-refractivity contribution < 1.29 is 4.92 Å². The third-order valence-corrected chi connectivity index (χ3v) is 4.25. The van der Waals surface area contributed by atoms with Gasteiger partial charge >= 0.3 is 0 Å². The molecule has 0 radical (unpaired) electrons. The van der Waals surface area contributed by atoms with Gasteiger partial charge in [0.15, 0.2) is 0 Å². The van der Waals surface area contributed by atoms with E-state index in [0.717, 1.165) is 17.8 Å². The number of hydrogen-bond donors (Lipinski definition) is 0. The van der Waals surface area contributed by atoms with Gasteiger partial charge in [-0.1, -0.05) is 36.4 Å². The summed E-state index contributed by atoms with van der Waals surface area (Å²) in [4.78, 5) is 17.7. The van der Waals surface area contributed by atoms with Crippen molar-refractivity contribution in [2.24, 2.45) is 0 Å².